The summed E-state index contributed by atoms with van der Waals surface area (Å²) < 4.78 is 16.1. The molecule has 1 aromatic carbocycles. The second-order valence-corrected chi connectivity index (χ2v) is 5.03. The van der Waals surface area contributed by atoms with Gasteiger partial charge in [-0.2, -0.15) is 0 Å². The molecule has 0 saturated heterocycles. The van der Waals surface area contributed by atoms with Gasteiger partial charge in [-0.15, -0.1) is 0 Å². The van der Waals surface area contributed by atoms with E-state index >= 15 is 0 Å². The van der Waals surface area contributed by atoms with Crippen LogP contribution in [0.3, 0.4) is 0 Å². The molecule has 2 nitrogen and oxygen atoms in total. The van der Waals surface area contributed by atoms with Crippen molar-refractivity contribution >= 4 is 27.0 Å². The molecule has 1 heterocycles. The van der Waals surface area contributed by atoms with Crippen molar-refractivity contribution in [1.82, 2.24) is 9.55 Å². The predicted octanol–water partition coefficient (Wildman–Crippen LogP) is 4.05. The van der Waals surface area contributed by atoms with Gasteiger partial charge in [0.25, 0.3) is 0 Å². The average molecular weight is 283 g/mol. The second-order valence-electron chi connectivity index (χ2n) is 4.32. The Hall–Kier alpha value is -0.900. The molecule has 4 heteroatoms. The third-order valence-electron chi connectivity index (χ3n) is 3.30. The number of halogens is 2. The Morgan fingerprint density at radius 3 is 2.81 bits per heavy atom. The van der Waals surface area contributed by atoms with Gasteiger partial charge in [-0.1, -0.05) is 12.8 Å². The monoisotopic (exact) mass is 282 g/mol. The van der Waals surface area contributed by atoms with E-state index < -0.39 is 0 Å². The Labute approximate surface area is 102 Å². The lowest BCUT2D eigenvalue weighted by molar-refractivity contribution is 0.522. The molecule has 1 saturated carbocycles. The van der Waals surface area contributed by atoms with Crippen LogP contribution in [0.15, 0.2) is 22.9 Å². The van der Waals surface area contributed by atoms with Crippen LogP contribution in [0.1, 0.15) is 31.7 Å². The highest BCUT2D eigenvalue weighted by molar-refractivity contribution is 9.10. The first-order valence-electron chi connectivity index (χ1n) is 5.59. The third-order valence-corrected chi connectivity index (χ3v) is 3.86. The number of nitrogens with zero attached hydrogens (tertiary/aromatic N) is 2. The molecule has 0 unspecified atom stereocenters. The highest BCUT2D eigenvalue weighted by atomic mass is 79.9. The fourth-order valence-electron chi connectivity index (χ4n) is 2.55. The van der Waals surface area contributed by atoms with Crippen LogP contribution in [0.2, 0.25) is 0 Å². The molecule has 2 aromatic rings. The van der Waals surface area contributed by atoms with Crippen molar-refractivity contribution in [3.63, 3.8) is 0 Å². The van der Waals surface area contributed by atoms with Crippen LogP contribution in [-0.4, -0.2) is 9.55 Å². The zero-order valence-corrected chi connectivity index (χ0v) is 10.4. The Bertz CT molecular complexity index is 529. The van der Waals surface area contributed by atoms with Gasteiger partial charge in [0, 0.05) is 12.1 Å². The second kappa shape index (κ2) is 3.84. The summed E-state index contributed by atoms with van der Waals surface area (Å²) in [6.07, 6.45) is 4.94. The Morgan fingerprint density at radius 1 is 1.31 bits per heavy atom. The normalized spacial score (nSPS) is 17.4. The Balaban J connectivity index is 2.18. The maximum atomic E-state index is 13.1. The minimum atomic E-state index is -0.226. The van der Waals surface area contributed by atoms with Crippen LogP contribution in [0.4, 0.5) is 4.39 Å². The minimum Gasteiger partial charge on any atom is -0.315 e. The number of imidazole rings is 1. The first-order chi connectivity index (χ1) is 7.75. The summed E-state index contributed by atoms with van der Waals surface area (Å²) in [5.41, 5.74) is 1.76. The van der Waals surface area contributed by atoms with E-state index in [4.69, 9.17) is 0 Å². The summed E-state index contributed by atoms with van der Waals surface area (Å²) in [4.78, 5) is 4.36. The first kappa shape index (κ1) is 10.3. The van der Waals surface area contributed by atoms with Gasteiger partial charge in [0.15, 0.2) is 4.73 Å². The van der Waals surface area contributed by atoms with Crippen LogP contribution >= 0.6 is 15.9 Å². The molecule has 1 aliphatic carbocycles. The summed E-state index contributed by atoms with van der Waals surface area (Å²) >= 11 is 3.47. The van der Waals surface area contributed by atoms with Gasteiger partial charge in [-0.05, 0) is 40.9 Å². The summed E-state index contributed by atoms with van der Waals surface area (Å²) in [6, 6.07) is 5.33. The maximum absolute atomic E-state index is 13.1. The fourth-order valence-corrected chi connectivity index (χ4v) is 3.22. The molecule has 1 aromatic heterocycles. The molecule has 0 amide bonds. The van der Waals surface area contributed by atoms with Gasteiger partial charge in [0.05, 0.1) is 11.0 Å². The van der Waals surface area contributed by atoms with Gasteiger partial charge < -0.3 is 4.57 Å². The van der Waals surface area contributed by atoms with Crippen molar-refractivity contribution in [2.24, 2.45) is 0 Å². The van der Waals surface area contributed by atoms with Crippen LogP contribution in [0, 0.1) is 5.82 Å². The van der Waals surface area contributed by atoms with Crippen LogP contribution in [0.25, 0.3) is 11.0 Å². The van der Waals surface area contributed by atoms with Gasteiger partial charge >= 0.3 is 0 Å². The van der Waals surface area contributed by atoms with Gasteiger partial charge in [0.1, 0.15) is 5.82 Å². The van der Waals surface area contributed by atoms with E-state index in [0.717, 1.165) is 15.8 Å². The van der Waals surface area contributed by atoms with E-state index in [1.807, 2.05) is 6.07 Å². The predicted molar refractivity (Wildman–Crippen MR) is 64.9 cm³/mol. The van der Waals surface area contributed by atoms with Crippen molar-refractivity contribution in [3.8, 4) is 0 Å². The number of hydrogen-bond donors (Lipinski definition) is 0. The van der Waals surface area contributed by atoms with Gasteiger partial charge in [0.2, 0.25) is 0 Å². The molecule has 3 rings (SSSR count). The standard InChI is InChI=1S/C12H12BrFN2/c13-12-15-10-7-8(14)5-6-11(10)16(12)9-3-1-2-4-9/h5-7,9H,1-4H2. The zero-order chi connectivity index (χ0) is 11.1. The van der Waals surface area contributed by atoms with Crippen LogP contribution in [-0.2, 0) is 0 Å². The summed E-state index contributed by atoms with van der Waals surface area (Å²) in [5, 5.41) is 0. The molecule has 16 heavy (non-hydrogen) atoms. The molecule has 84 valence electrons. The number of fused-ring (bicyclic) bond motifs is 1. The van der Waals surface area contributed by atoms with E-state index in [1.165, 1.54) is 37.8 Å². The Morgan fingerprint density at radius 2 is 2.06 bits per heavy atom. The lowest BCUT2D eigenvalue weighted by atomic mass is 10.2. The van der Waals surface area contributed by atoms with E-state index in [2.05, 4.69) is 25.5 Å². The smallest absolute Gasteiger partial charge is 0.178 e. The lowest BCUT2D eigenvalue weighted by Gasteiger charge is -2.13. The van der Waals surface area contributed by atoms with Crippen molar-refractivity contribution in [1.29, 1.82) is 0 Å². The van der Waals surface area contributed by atoms with E-state index in [1.54, 1.807) is 0 Å². The SMILES string of the molecule is Fc1ccc2c(c1)nc(Br)n2C1CCCC1. The lowest BCUT2D eigenvalue weighted by Crippen LogP contribution is -2.04. The summed E-state index contributed by atoms with van der Waals surface area (Å²) in [6.45, 7) is 0. The van der Waals surface area contributed by atoms with Crippen molar-refractivity contribution in [2.45, 2.75) is 31.7 Å². The fraction of sp³-hybridized carbons (Fsp3) is 0.417. The summed E-state index contributed by atoms with van der Waals surface area (Å²) in [5.74, 6) is -0.226. The number of aromatic nitrogens is 2. The molecule has 0 atom stereocenters. The highest BCUT2D eigenvalue weighted by Gasteiger charge is 2.21. The molecule has 0 N–H and O–H groups in total. The Kier molecular flexibility index (Phi) is 2.46. The van der Waals surface area contributed by atoms with Gasteiger partial charge in [-0.3, -0.25) is 0 Å². The molecule has 0 radical (unpaired) electrons. The molecular weight excluding hydrogens is 271 g/mol. The molecule has 1 aliphatic rings. The minimum absolute atomic E-state index is 0.226. The summed E-state index contributed by atoms with van der Waals surface area (Å²) in [7, 11) is 0. The van der Waals surface area contributed by atoms with E-state index in [-0.39, 0.29) is 5.82 Å². The highest BCUT2D eigenvalue weighted by Crippen LogP contribution is 2.35. The molecule has 0 spiro atoms. The molecular formula is C12H12BrFN2. The first-order valence-corrected chi connectivity index (χ1v) is 6.38. The quantitative estimate of drug-likeness (QED) is 0.772. The average Bonchev–Trinajstić information content (AvgIpc) is 2.83. The number of benzene rings is 1. The van der Waals surface area contributed by atoms with Crippen molar-refractivity contribution in [2.75, 3.05) is 0 Å². The van der Waals surface area contributed by atoms with E-state index in [9.17, 15) is 4.39 Å². The molecule has 0 aliphatic heterocycles. The van der Waals surface area contributed by atoms with Gasteiger partial charge in [-0.25, -0.2) is 9.37 Å². The maximum Gasteiger partial charge on any atom is 0.178 e. The largest absolute Gasteiger partial charge is 0.315 e. The molecule has 0 bridgehead atoms. The number of rotatable bonds is 1. The number of hydrogen-bond acceptors (Lipinski definition) is 1. The molecule has 1 fully saturated rings. The zero-order valence-electron chi connectivity index (χ0n) is 8.79. The topological polar surface area (TPSA) is 17.8 Å². The van der Waals surface area contributed by atoms with Crippen LogP contribution < -0.4 is 0 Å². The van der Waals surface area contributed by atoms with E-state index in [0.29, 0.717) is 6.04 Å². The van der Waals surface area contributed by atoms with Crippen molar-refractivity contribution < 1.29 is 4.39 Å². The van der Waals surface area contributed by atoms with Crippen molar-refractivity contribution in [3.05, 3.63) is 28.7 Å². The third kappa shape index (κ3) is 1.56. The van der Waals surface area contributed by atoms with Crippen LogP contribution in [0.5, 0.6) is 0 Å².